The number of hydrogen-bond acceptors (Lipinski definition) is 5. The number of ether oxygens (including phenoxy) is 2. The third-order valence-electron chi connectivity index (χ3n) is 2.51. The second kappa shape index (κ2) is 7.44. The number of nitrogens with zero attached hydrogens (tertiary/aromatic N) is 1. The molecule has 22 heavy (non-hydrogen) atoms. The van der Waals surface area contributed by atoms with E-state index in [-0.39, 0.29) is 0 Å². The summed E-state index contributed by atoms with van der Waals surface area (Å²) in [6.45, 7) is 5.34. The predicted octanol–water partition coefficient (Wildman–Crippen LogP) is 1.07. The molecule has 0 unspecified atom stereocenters. The van der Waals surface area contributed by atoms with Gasteiger partial charge in [0, 0.05) is 17.2 Å². The third kappa shape index (κ3) is 5.43. The molecule has 0 fully saturated rings. The van der Waals surface area contributed by atoms with Gasteiger partial charge in [-0.1, -0.05) is 0 Å². The van der Waals surface area contributed by atoms with Gasteiger partial charge in [-0.15, -0.1) is 0 Å². The summed E-state index contributed by atoms with van der Waals surface area (Å²) in [7, 11) is 3.07. The van der Waals surface area contributed by atoms with Crippen LogP contribution in [-0.2, 0) is 9.59 Å². The number of carbonyl (C=O) groups is 2. The van der Waals surface area contributed by atoms with Crippen molar-refractivity contribution >= 4 is 18.0 Å². The summed E-state index contributed by atoms with van der Waals surface area (Å²) in [6.07, 6.45) is 1.39. The lowest BCUT2D eigenvalue weighted by Crippen LogP contribution is -2.47. The minimum absolute atomic E-state index is 0.489. The van der Waals surface area contributed by atoms with E-state index < -0.39 is 17.4 Å². The molecular weight excluding hydrogens is 286 g/mol. The first kappa shape index (κ1) is 17.5. The minimum atomic E-state index is -0.835. The van der Waals surface area contributed by atoms with Crippen molar-refractivity contribution in [2.45, 2.75) is 26.3 Å². The fourth-order valence-electron chi connectivity index (χ4n) is 1.53. The van der Waals surface area contributed by atoms with Crippen LogP contribution in [0.4, 0.5) is 0 Å². The summed E-state index contributed by atoms with van der Waals surface area (Å²) >= 11 is 0. The van der Waals surface area contributed by atoms with Gasteiger partial charge in [0.2, 0.25) is 0 Å². The lowest BCUT2D eigenvalue weighted by Gasteiger charge is -2.19. The van der Waals surface area contributed by atoms with Crippen LogP contribution < -0.4 is 20.2 Å². The molecule has 0 saturated carbocycles. The van der Waals surface area contributed by atoms with Crippen LogP contribution in [0.25, 0.3) is 0 Å². The maximum Gasteiger partial charge on any atom is 0.329 e. The molecule has 0 atom stereocenters. The average molecular weight is 307 g/mol. The van der Waals surface area contributed by atoms with Gasteiger partial charge in [0.05, 0.1) is 20.4 Å². The van der Waals surface area contributed by atoms with Crippen LogP contribution in [0.15, 0.2) is 23.3 Å². The summed E-state index contributed by atoms with van der Waals surface area (Å²) in [5.41, 5.74) is 2.32. The number of benzene rings is 1. The smallest absolute Gasteiger partial charge is 0.329 e. The summed E-state index contributed by atoms with van der Waals surface area (Å²) in [5, 5.41) is 6.29. The van der Waals surface area contributed by atoms with E-state index >= 15 is 0 Å². The standard InChI is InChI=1S/C15H21N3O4/c1-15(2,3)17-13(19)14(20)18-16-9-10-6-7-11(21-4)8-12(10)22-5/h6-9H,1-5H3,(H,17,19)(H,18,20)/b16-9-. The highest BCUT2D eigenvalue weighted by Crippen LogP contribution is 2.22. The Morgan fingerprint density at radius 2 is 1.82 bits per heavy atom. The molecule has 2 N–H and O–H groups in total. The molecule has 1 aromatic rings. The first-order valence-corrected chi connectivity index (χ1v) is 6.64. The van der Waals surface area contributed by atoms with Crippen LogP contribution in [-0.4, -0.2) is 37.8 Å². The molecule has 0 radical (unpaired) electrons. The Bertz CT molecular complexity index is 577. The molecule has 120 valence electrons. The summed E-state index contributed by atoms with van der Waals surface area (Å²) in [5.74, 6) is -0.399. The molecule has 1 rings (SSSR count). The lowest BCUT2D eigenvalue weighted by atomic mass is 10.1. The second-order valence-corrected chi connectivity index (χ2v) is 5.51. The maximum atomic E-state index is 11.6. The first-order chi connectivity index (χ1) is 10.3. The molecule has 1 aromatic carbocycles. The zero-order chi connectivity index (χ0) is 16.8. The second-order valence-electron chi connectivity index (χ2n) is 5.51. The van der Waals surface area contributed by atoms with Crippen LogP contribution in [0.3, 0.4) is 0 Å². The summed E-state index contributed by atoms with van der Waals surface area (Å²) in [6, 6.07) is 5.15. The Balaban J connectivity index is 2.70. The Kier molecular flexibility index (Phi) is 5.91. The molecule has 0 saturated heterocycles. The molecule has 0 aliphatic rings. The number of hydrazone groups is 1. The quantitative estimate of drug-likeness (QED) is 0.495. The fourth-order valence-corrected chi connectivity index (χ4v) is 1.53. The fraction of sp³-hybridized carbons (Fsp3) is 0.400. The minimum Gasteiger partial charge on any atom is -0.497 e. The van der Waals surface area contributed by atoms with Crippen molar-refractivity contribution in [2.24, 2.45) is 5.10 Å². The van der Waals surface area contributed by atoms with Crippen molar-refractivity contribution in [3.05, 3.63) is 23.8 Å². The van der Waals surface area contributed by atoms with Gasteiger partial charge in [-0.25, -0.2) is 5.43 Å². The van der Waals surface area contributed by atoms with Crippen molar-refractivity contribution in [3.63, 3.8) is 0 Å². The zero-order valence-corrected chi connectivity index (χ0v) is 13.4. The Morgan fingerprint density at radius 1 is 1.14 bits per heavy atom. The molecular formula is C15H21N3O4. The summed E-state index contributed by atoms with van der Waals surface area (Å²) in [4.78, 5) is 23.1. The number of carbonyl (C=O) groups excluding carboxylic acids is 2. The molecule has 0 heterocycles. The van der Waals surface area contributed by atoms with Crippen LogP contribution >= 0.6 is 0 Å². The SMILES string of the molecule is COc1ccc(/C=N\NC(=O)C(=O)NC(C)(C)C)c(OC)c1. The van der Waals surface area contributed by atoms with Gasteiger partial charge in [0.15, 0.2) is 0 Å². The molecule has 0 bridgehead atoms. The maximum absolute atomic E-state index is 11.6. The number of nitrogens with one attached hydrogen (secondary N) is 2. The molecule has 2 amide bonds. The number of rotatable bonds is 4. The summed E-state index contributed by atoms with van der Waals surface area (Å²) < 4.78 is 10.3. The van der Waals surface area contributed by atoms with Crippen molar-refractivity contribution in [2.75, 3.05) is 14.2 Å². The van der Waals surface area contributed by atoms with Crippen molar-refractivity contribution in [1.29, 1.82) is 0 Å². The van der Waals surface area contributed by atoms with Gasteiger partial charge in [-0.2, -0.15) is 5.10 Å². The van der Waals surface area contributed by atoms with Gasteiger partial charge >= 0.3 is 11.8 Å². The van der Waals surface area contributed by atoms with Crippen LogP contribution in [0.5, 0.6) is 11.5 Å². The highest BCUT2D eigenvalue weighted by molar-refractivity contribution is 6.35. The van der Waals surface area contributed by atoms with E-state index in [1.165, 1.54) is 13.3 Å². The monoisotopic (exact) mass is 307 g/mol. The van der Waals surface area contributed by atoms with E-state index in [9.17, 15) is 9.59 Å². The Labute approximate surface area is 129 Å². The van der Waals surface area contributed by atoms with Gasteiger partial charge in [-0.3, -0.25) is 9.59 Å². The van der Waals surface area contributed by atoms with Crippen molar-refractivity contribution < 1.29 is 19.1 Å². The Morgan fingerprint density at radius 3 is 2.36 bits per heavy atom. The van der Waals surface area contributed by atoms with E-state index in [0.29, 0.717) is 17.1 Å². The molecule has 0 spiro atoms. The largest absolute Gasteiger partial charge is 0.497 e. The van der Waals surface area contributed by atoms with Gasteiger partial charge in [-0.05, 0) is 32.9 Å². The normalized spacial score (nSPS) is 11.1. The van der Waals surface area contributed by atoms with Crippen LogP contribution in [0.2, 0.25) is 0 Å². The predicted molar refractivity (Wildman–Crippen MR) is 83.2 cm³/mol. The van der Waals surface area contributed by atoms with Crippen molar-refractivity contribution in [3.8, 4) is 11.5 Å². The Hall–Kier alpha value is -2.57. The first-order valence-electron chi connectivity index (χ1n) is 6.64. The van der Waals surface area contributed by atoms with E-state index in [1.54, 1.807) is 46.1 Å². The molecule has 0 aliphatic carbocycles. The molecule has 0 aromatic heterocycles. The van der Waals surface area contributed by atoms with Gasteiger partial charge in [0.25, 0.3) is 0 Å². The van der Waals surface area contributed by atoms with Crippen LogP contribution in [0, 0.1) is 0 Å². The third-order valence-corrected chi connectivity index (χ3v) is 2.51. The van der Waals surface area contributed by atoms with E-state index in [0.717, 1.165) is 0 Å². The van der Waals surface area contributed by atoms with Crippen molar-refractivity contribution in [1.82, 2.24) is 10.7 Å². The van der Waals surface area contributed by atoms with E-state index in [1.807, 2.05) is 0 Å². The number of methoxy groups -OCH3 is 2. The van der Waals surface area contributed by atoms with Gasteiger partial charge < -0.3 is 14.8 Å². The molecule has 7 nitrogen and oxygen atoms in total. The number of amides is 2. The topological polar surface area (TPSA) is 89.0 Å². The molecule has 7 heteroatoms. The number of hydrogen-bond donors (Lipinski definition) is 2. The van der Waals surface area contributed by atoms with Gasteiger partial charge in [0.1, 0.15) is 11.5 Å². The highest BCUT2D eigenvalue weighted by Gasteiger charge is 2.19. The van der Waals surface area contributed by atoms with E-state index in [2.05, 4.69) is 15.8 Å². The average Bonchev–Trinajstić information content (AvgIpc) is 2.45. The lowest BCUT2D eigenvalue weighted by molar-refractivity contribution is -0.140. The highest BCUT2D eigenvalue weighted by atomic mass is 16.5. The van der Waals surface area contributed by atoms with E-state index in [4.69, 9.17) is 9.47 Å². The molecule has 0 aliphatic heterocycles. The van der Waals surface area contributed by atoms with Crippen LogP contribution in [0.1, 0.15) is 26.3 Å². The zero-order valence-electron chi connectivity index (χ0n) is 13.4.